The molecule has 0 saturated carbocycles. The summed E-state index contributed by atoms with van der Waals surface area (Å²) < 4.78 is 11.4. The van der Waals surface area contributed by atoms with Crippen molar-refractivity contribution in [3.63, 3.8) is 0 Å². The van der Waals surface area contributed by atoms with Crippen LogP contribution < -0.4 is 10.1 Å². The van der Waals surface area contributed by atoms with E-state index < -0.39 is 0 Å². The third-order valence-corrected chi connectivity index (χ3v) is 4.19. The van der Waals surface area contributed by atoms with Crippen LogP contribution in [0.1, 0.15) is 30.5 Å². The highest BCUT2D eigenvalue weighted by Crippen LogP contribution is 2.40. The number of hydrogen-bond donors (Lipinski definition) is 1. The monoisotopic (exact) mass is 281 g/mol. The van der Waals surface area contributed by atoms with Crippen molar-refractivity contribution in [2.24, 2.45) is 5.92 Å². The highest BCUT2D eigenvalue weighted by Gasteiger charge is 2.31. The average molecular weight is 282 g/mol. The molecule has 2 aliphatic heterocycles. The number of halogens is 1. The molecule has 1 saturated heterocycles. The number of hydrogen-bond acceptors (Lipinski definition) is 3. The van der Waals surface area contributed by atoms with E-state index in [4.69, 9.17) is 21.1 Å². The maximum atomic E-state index is 6.26. The largest absolute Gasteiger partial charge is 0.493 e. The molecule has 2 heterocycles. The second-order valence-corrected chi connectivity index (χ2v) is 5.68. The minimum absolute atomic E-state index is 0.276. The number of fused-ring (bicyclic) bond motifs is 1. The van der Waals surface area contributed by atoms with E-state index in [1.54, 1.807) is 0 Å². The first-order valence-electron chi connectivity index (χ1n) is 7.06. The van der Waals surface area contributed by atoms with E-state index in [0.29, 0.717) is 5.92 Å². The van der Waals surface area contributed by atoms with E-state index in [0.717, 1.165) is 50.0 Å². The van der Waals surface area contributed by atoms with E-state index >= 15 is 0 Å². The van der Waals surface area contributed by atoms with Crippen molar-refractivity contribution in [1.29, 1.82) is 0 Å². The number of benzene rings is 1. The summed E-state index contributed by atoms with van der Waals surface area (Å²) in [6, 6.07) is 4.36. The third-order valence-electron chi connectivity index (χ3n) is 3.97. The maximum absolute atomic E-state index is 6.26. The van der Waals surface area contributed by atoms with Gasteiger partial charge in [0, 0.05) is 35.6 Å². The van der Waals surface area contributed by atoms with Crippen LogP contribution >= 0.6 is 11.6 Å². The van der Waals surface area contributed by atoms with Gasteiger partial charge in [0.2, 0.25) is 0 Å². The van der Waals surface area contributed by atoms with Gasteiger partial charge >= 0.3 is 0 Å². The van der Waals surface area contributed by atoms with Gasteiger partial charge in [0.05, 0.1) is 13.2 Å². The van der Waals surface area contributed by atoms with E-state index in [-0.39, 0.29) is 6.04 Å². The van der Waals surface area contributed by atoms with Gasteiger partial charge in [-0.25, -0.2) is 0 Å². The van der Waals surface area contributed by atoms with Gasteiger partial charge in [0.15, 0.2) is 0 Å². The molecule has 2 unspecified atom stereocenters. The fourth-order valence-corrected chi connectivity index (χ4v) is 3.34. The molecule has 0 aliphatic carbocycles. The van der Waals surface area contributed by atoms with Crippen molar-refractivity contribution in [1.82, 2.24) is 5.32 Å². The number of rotatable bonds is 4. The van der Waals surface area contributed by atoms with Gasteiger partial charge < -0.3 is 14.8 Å². The first-order valence-corrected chi connectivity index (χ1v) is 7.43. The normalized spacial score (nSPS) is 23.2. The van der Waals surface area contributed by atoms with E-state index in [9.17, 15) is 0 Å². The number of ether oxygens (including phenoxy) is 2. The van der Waals surface area contributed by atoms with Crippen LogP contribution in [0.2, 0.25) is 5.02 Å². The molecule has 1 N–H and O–H groups in total. The quantitative estimate of drug-likeness (QED) is 0.920. The van der Waals surface area contributed by atoms with E-state index in [1.165, 1.54) is 11.1 Å². The fourth-order valence-electron chi connectivity index (χ4n) is 3.10. The Kier molecular flexibility index (Phi) is 3.96. The SMILES string of the molecule is CCNC(c1cc(Cl)cc2c1OCC2)C1CCOC1. The first-order chi connectivity index (χ1) is 9.29. The zero-order valence-corrected chi connectivity index (χ0v) is 12.0. The molecule has 0 spiro atoms. The van der Waals surface area contributed by atoms with Crippen LogP contribution in [0.25, 0.3) is 0 Å². The Morgan fingerprint density at radius 1 is 1.42 bits per heavy atom. The Morgan fingerprint density at radius 3 is 3.05 bits per heavy atom. The van der Waals surface area contributed by atoms with Gasteiger partial charge in [-0.1, -0.05) is 18.5 Å². The topological polar surface area (TPSA) is 30.5 Å². The Hall–Kier alpha value is -0.770. The molecule has 1 aromatic carbocycles. The molecule has 2 aliphatic rings. The second-order valence-electron chi connectivity index (χ2n) is 5.24. The lowest BCUT2D eigenvalue weighted by Crippen LogP contribution is -2.29. The molecule has 3 nitrogen and oxygen atoms in total. The standard InChI is InChI=1S/C15H20ClNO2/c1-2-17-14(11-3-5-18-9-11)13-8-12(16)7-10-4-6-19-15(10)13/h7-8,11,14,17H,2-6,9H2,1H3. The highest BCUT2D eigenvalue weighted by molar-refractivity contribution is 6.30. The Labute approximate surface area is 119 Å². The molecule has 19 heavy (non-hydrogen) atoms. The van der Waals surface area contributed by atoms with Crippen molar-refractivity contribution >= 4 is 11.6 Å². The summed E-state index contributed by atoms with van der Waals surface area (Å²) in [4.78, 5) is 0. The average Bonchev–Trinajstić information content (AvgIpc) is 3.05. The van der Waals surface area contributed by atoms with Crippen LogP contribution in [0.5, 0.6) is 5.75 Å². The Balaban J connectivity index is 1.97. The summed E-state index contributed by atoms with van der Waals surface area (Å²) in [5.74, 6) is 1.55. The van der Waals surface area contributed by atoms with Crippen LogP contribution in [0, 0.1) is 5.92 Å². The van der Waals surface area contributed by atoms with Crippen LogP contribution in [-0.4, -0.2) is 26.4 Å². The summed E-state index contributed by atoms with van der Waals surface area (Å²) in [5, 5.41) is 4.39. The van der Waals surface area contributed by atoms with Gasteiger partial charge in [-0.15, -0.1) is 0 Å². The molecule has 1 fully saturated rings. The molecule has 0 aromatic heterocycles. The van der Waals surface area contributed by atoms with Gasteiger partial charge in [-0.3, -0.25) is 0 Å². The Bertz CT molecular complexity index is 458. The molecule has 3 rings (SSSR count). The lowest BCUT2D eigenvalue weighted by atomic mass is 9.90. The van der Waals surface area contributed by atoms with Crippen LogP contribution in [0.15, 0.2) is 12.1 Å². The van der Waals surface area contributed by atoms with Crippen LogP contribution in [0.4, 0.5) is 0 Å². The smallest absolute Gasteiger partial charge is 0.127 e. The van der Waals surface area contributed by atoms with Crippen molar-refractivity contribution in [3.05, 3.63) is 28.3 Å². The molecular weight excluding hydrogens is 262 g/mol. The molecule has 104 valence electrons. The van der Waals surface area contributed by atoms with Crippen LogP contribution in [-0.2, 0) is 11.2 Å². The summed E-state index contributed by atoms with van der Waals surface area (Å²) in [6.07, 6.45) is 2.06. The molecule has 0 radical (unpaired) electrons. The predicted molar refractivity (Wildman–Crippen MR) is 76.0 cm³/mol. The number of nitrogens with one attached hydrogen (secondary N) is 1. The highest BCUT2D eigenvalue weighted by atomic mass is 35.5. The zero-order valence-electron chi connectivity index (χ0n) is 11.2. The minimum Gasteiger partial charge on any atom is -0.493 e. The molecule has 2 atom stereocenters. The molecule has 0 bridgehead atoms. The van der Waals surface area contributed by atoms with Gasteiger partial charge in [-0.05, 0) is 30.7 Å². The van der Waals surface area contributed by atoms with Crippen LogP contribution in [0.3, 0.4) is 0 Å². The van der Waals surface area contributed by atoms with Gasteiger partial charge in [0.25, 0.3) is 0 Å². The first kappa shape index (κ1) is 13.2. The summed E-state index contributed by atoms with van der Waals surface area (Å²) >= 11 is 6.26. The molecular formula is C15H20ClNO2. The summed E-state index contributed by atoms with van der Waals surface area (Å²) in [7, 11) is 0. The lowest BCUT2D eigenvalue weighted by Gasteiger charge is -2.25. The second kappa shape index (κ2) is 5.70. The van der Waals surface area contributed by atoms with E-state index in [1.807, 2.05) is 6.07 Å². The fraction of sp³-hybridized carbons (Fsp3) is 0.600. The minimum atomic E-state index is 0.276. The van der Waals surface area contributed by atoms with Crippen molar-refractivity contribution in [2.75, 3.05) is 26.4 Å². The van der Waals surface area contributed by atoms with Gasteiger partial charge in [-0.2, -0.15) is 0 Å². The molecule has 1 aromatic rings. The predicted octanol–water partition coefficient (Wildman–Crippen LogP) is 2.96. The lowest BCUT2D eigenvalue weighted by molar-refractivity contribution is 0.176. The van der Waals surface area contributed by atoms with Crippen molar-refractivity contribution in [2.45, 2.75) is 25.8 Å². The maximum Gasteiger partial charge on any atom is 0.127 e. The van der Waals surface area contributed by atoms with Crippen molar-refractivity contribution in [3.8, 4) is 5.75 Å². The molecule has 0 amide bonds. The third kappa shape index (κ3) is 2.60. The zero-order chi connectivity index (χ0) is 13.2. The van der Waals surface area contributed by atoms with Crippen molar-refractivity contribution < 1.29 is 9.47 Å². The summed E-state index contributed by atoms with van der Waals surface area (Å²) in [5.41, 5.74) is 2.45. The Morgan fingerprint density at radius 2 is 2.32 bits per heavy atom. The van der Waals surface area contributed by atoms with Gasteiger partial charge in [0.1, 0.15) is 5.75 Å². The molecule has 4 heteroatoms. The van der Waals surface area contributed by atoms with E-state index in [2.05, 4.69) is 18.3 Å². The summed E-state index contributed by atoms with van der Waals surface area (Å²) in [6.45, 7) is 5.51.